The van der Waals surface area contributed by atoms with Crippen LogP contribution in [0.25, 0.3) is 6.08 Å². The molecule has 0 aromatic heterocycles. The molecule has 3 nitrogen and oxygen atoms in total. The minimum atomic E-state index is -0.371. The number of thiocarbonyl (C=S) groups is 1. The monoisotopic (exact) mass is 359 g/mol. The lowest BCUT2D eigenvalue weighted by molar-refractivity contribution is -0.113. The summed E-state index contributed by atoms with van der Waals surface area (Å²) in [6.45, 7) is 2.48. The highest BCUT2D eigenvalue weighted by Gasteiger charge is 2.33. The Kier molecular flexibility index (Phi) is 4.97. The fourth-order valence-electron chi connectivity index (χ4n) is 2.28. The normalized spacial score (nSPS) is 16.1. The number of hydrogen-bond donors (Lipinski definition) is 0. The standard InChI is InChI=1S/C18H14FNO2S2/c1-2-22-14-9-7-13(8-10-14)20-17(21)16(24-18(20)23)11-12-5-3-4-6-15(12)19/h3-11H,2H2,1H3/b16-11+. The summed E-state index contributed by atoms with van der Waals surface area (Å²) < 4.78 is 19.6. The van der Waals surface area contributed by atoms with Gasteiger partial charge in [0.2, 0.25) is 0 Å². The van der Waals surface area contributed by atoms with Crippen molar-refractivity contribution in [3.8, 4) is 5.75 Å². The molecule has 0 spiro atoms. The maximum absolute atomic E-state index is 13.8. The number of carbonyl (C=O) groups excluding carboxylic acids is 1. The number of ether oxygens (including phenoxy) is 1. The predicted octanol–water partition coefficient (Wildman–Crippen LogP) is 4.63. The number of hydrogen-bond acceptors (Lipinski definition) is 4. The van der Waals surface area contributed by atoms with Crippen LogP contribution in [-0.4, -0.2) is 16.8 Å². The largest absolute Gasteiger partial charge is 0.494 e. The van der Waals surface area contributed by atoms with Crippen molar-refractivity contribution in [2.24, 2.45) is 0 Å². The van der Waals surface area contributed by atoms with Gasteiger partial charge in [-0.05, 0) is 43.3 Å². The van der Waals surface area contributed by atoms with E-state index >= 15 is 0 Å². The number of carbonyl (C=O) groups is 1. The fourth-order valence-corrected chi connectivity index (χ4v) is 3.57. The van der Waals surface area contributed by atoms with Crippen LogP contribution in [-0.2, 0) is 4.79 Å². The zero-order chi connectivity index (χ0) is 17.1. The van der Waals surface area contributed by atoms with E-state index in [1.165, 1.54) is 28.8 Å². The molecule has 0 saturated carbocycles. The Morgan fingerprint density at radius 3 is 2.58 bits per heavy atom. The summed E-state index contributed by atoms with van der Waals surface area (Å²) >= 11 is 6.48. The number of halogens is 1. The summed E-state index contributed by atoms with van der Waals surface area (Å²) in [5.74, 6) is 0.106. The maximum Gasteiger partial charge on any atom is 0.270 e. The second kappa shape index (κ2) is 7.15. The number of anilines is 1. The van der Waals surface area contributed by atoms with Gasteiger partial charge in [0, 0.05) is 5.56 Å². The average Bonchev–Trinajstić information content (AvgIpc) is 2.85. The SMILES string of the molecule is CCOc1ccc(N2C(=O)/C(=C\c3ccccc3F)SC2=S)cc1. The molecule has 6 heteroatoms. The molecule has 1 fully saturated rings. The molecule has 1 aliphatic heterocycles. The molecule has 0 N–H and O–H groups in total. The molecule has 1 saturated heterocycles. The van der Waals surface area contributed by atoms with Gasteiger partial charge in [0.1, 0.15) is 11.6 Å². The second-order valence-corrected chi connectivity index (χ2v) is 6.64. The third-order valence-corrected chi connectivity index (χ3v) is 4.69. The van der Waals surface area contributed by atoms with E-state index in [9.17, 15) is 9.18 Å². The molecule has 3 rings (SSSR count). The molecule has 1 aliphatic rings. The number of rotatable bonds is 4. The molecule has 0 atom stereocenters. The van der Waals surface area contributed by atoms with Crippen LogP contribution in [0.4, 0.5) is 10.1 Å². The molecule has 2 aromatic rings. The highest BCUT2D eigenvalue weighted by atomic mass is 32.2. The lowest BCUT2D eigenvalue weighted by Crippen LogP contribution is -2.27. The van der Waals surface area contributed by atoms with E-state index in [0.29, 0.717) is 27.1 Å². The van der Waals surface area contributed by atoms with Crippen LogP contribution in [0.1, 0.15) is 12.5 Å². The van der Waals surface area contributed by atoms with Crippen LogP contribution in [0.2, 0.25) is 0 Å². The first-order valence-corrected chi connectivity index (χ1v) is 8.58. The van der Waals surface area contributed by atoms with Gasteiger partial charge >= 0.3 is 0 Å². The molecule has 0 radical (unpaired) electrons. The Morgan fingerprint density at radius 2 is 1.92 bits per heavy atom. The minimum absolute atomic E-state index is 0.252. The summed E-state index contributed by atoms with van der Waals surface area (Å²) in [7, 11) is 0. The molecular formula is C18H14FNO2S2. The van der Waals surface area contributed by atoms with Crippen molar-refractivity contribution < 1.29 is 13.9 Å². The van der Waals surface area contributed by atoms with Crippen LogP contribution in [0, 0.1) is 5.82 Å². The van der Waals surface area contributed by atoms with Crippen LogP contribution < -0.4 is 9.64 Å². The smallest absolute Gasteiger partial charge is 0.270 e. The van der Waals surface area contributed by atoms with E-state index < -0.39 is 0 Å². The summed E-state index contributed by atoms with van der Waals surface area (Å²) in [6.07, 6.45) is 1.53. The average molecular weight is 359 g/mol. The molecule has 1 heterocycles. The fraction of sp³-hybridized carbons (Fsp3) is 0.111. The molecular weight excluding hydrogens is 345 g/mol. The first-order valence-electron chi connectivity index (χ1n) is 7.35. The number of amides is 1. The summed E-state index contributed by atoms with van der Waals surface area (Å²) in [5, 5.41) is 0. The van der Waals surface area contributed by atoms with Gasteiger partial charge in [-0.15, -0.1) is 0 Å². The molecule has 0 bridgehead atoms. The van der Waals surface area contributed by atoms with Crippen LogP contribution >= 0.6 is 24.0 Å². The Hall–Kier alpha value is -2.18. The first-order chi connectivity index (χ1) is 11.6. The summed E-state index contributed by atoms with van der Waals surface area (Å²) in [4.78, 5) is 14.5. The topological polar surface area (TPSA) is 29.5 Å². The van der Waals surface area contributed by atoms with Crippen molar-refractivity contribution in [2.45, 2.75) is 6.92 Å². The minimum Gasteiger partial charge on any atom is -0.494 e. The third-order valence-electron chi connectivity index (χ3n) is 3.39. The quantitative estimate of drug-likeness (QED) is 0.588. The Bertz CT molecular complexity index is 818. The van der Waals surface area contributed by atoms with Crippen molar-refractivity contribution in [3.05, 3.63) is 64.8 Å². The van der Waals surface area contributed by atoms with Crippen molar-refractivity contribution in [3.63, 3.8) is 0 Å². The highest BCUT2D eigenvalue weighted by molar-refractivity contribution is 8.27. The number of thioether (sulfide) groups is 1. The van der Waals surface area contributed by atoms with Crippen molar-refractivity contribution in [1.29, 1.82) is 0 Å². The maximum atomic E-state index is 13.8. The van der Waals surface area contributed by atoms with E-state index in [1.54, 1.807) is 42.5 Å². The highest BCUT2D eigenvalue weighted by Crippen LogP contribution is 2.36. The first kappa shape index (κ1) is 16.7. The molecule has 0 unspecified atom stereocenters. The van der Waals surface area contributed by atoms with Crippen LogP contribution in [0.5, 0.6) is 5.75 Å². The van der Waals surface area contributed by atoms with Crippen molar-refractivity contribution in [2.75, 3.05) is 11.5 Å². The molecule has 24 heavy (non-hydrogen) atoms. The Labute approximate surface area is 149 Å². The van der Waals surface area contributed by atoms with E-state index in [2.05, 4.69) is 0 Å². The number of nitrogens with zero attached hydrogens (tertiary/aromatic N) is 1. The van der Waals surface area contributed by atoms with Gasteiger partial charge in [0.05, 0.1) is 17.2 Å². The summed E-state index contributed by atoms with van der Waals surface area (Å²) in [6, 6.07) is 13.5. The molecule has 1 amide bonds. The van der Waals surface area contributed by atoms with Crippen molar-refractivity contribution in [1.82, 2.24) is 0 Å². The summed E-state index contributed by atoms with van der Waals surface area (Å²) in [5.41, 5.74) is 1.03. The van der Waals surface area contributed by atoms with Gasteiger partial charge in [-0.2, -0.15) is 0 Å². The van der Waals surface area contributed by atoms with Gasteiger partial charge in [-0.1, -0.05) is 42.2 Å². The van der Waals surface area contributed by atoms with E-state index in [4.69, 9.17) is 17.0 Å². The molecule has 0 aliphatic carbocycles. The van der Waals surface area contributed by atoms with E-state index in [-0.39, 0.29) is 11.7 Å². The zero-order valence-corrected chi connectivity index (χ0v) is 14.5. The van der Waals surface area contributed by atoms with Gasteiger partial charge in [-0.25, -0.2) is 4.39 Å². The second-order valence-electron chi connectivity index (χ2n) is 4.97. The van der Waals surface area contributed by atoms with E-state index in [0.717, 1.165) is 5.75 Å². The van der Waals surface area contributed by atoms with Crippen LogP contribution in [0.3, 0.4) is 0 Å². The molecule has 2 aromatic carbocycles. The van der Waals surface area contributed by atoms with Crippen molar-refractivity contribution >= 4 is 46.0 Å². The third kappa shape index (κ3) is 3.34. The van der Waals surface area contributed by atoms with Gasteiger partial charge in [0.25, 0.3) is 5.91 Å². The molecule has 122 valence electrons. The zero-order valence-electron chi connectivity index (χ0n) is 12.9. The van der Waals surface area contributed by atoms with Gasteiger partial charge in [0.15, 0.2) is 4.32 Å². The van der Waals surface area contributed by atoms with Gasteiger partial charge in [-0.3, -0.25) is 9.69 Å². The lowest BCUT2D eigenvalue weighted by Gasteiger charge is -2.15. The Morgan fingerprint density at radius 1 is 1.21 bits per heavy atom. The Balaban J connectivity index is 1.88. The lowest BCUT2D eigenvalue weighted by atomic mass is 10.2. The predicted molar refractivity (Wildman–Crippen MR) is 99.7 cm³/mol. The van der Waals surface area contributed by atoms with Crippen LogP contribution in [0.15, 0.2) is 53.4 Å². The van der Waals surface area contributed by atoms with Gasteiger partial charge < -0.3 is 4.74 Å². The van der Waals surface area contributed by atoms with E-state index in [1.807, 2.05) is 6.92 Å². The number of benzene rings is 2.